The molecule has 1 fully saturated rings. The van der Waals surface area contributed by atoms with Crippen molar-refractivity contribution in [3.8, 4) is 5.88 Å². The van der Waals surface area contributed by atoms with Gasteiger partial charge in [0, 0.05) is 57.9 Å². The van der Waals surface area contributed by atoms with Crippen LogP contribution in [-0.4, -0.2) is 59.9 Å². The summed E-state index contributed by atoms with van der Waals surface area (Å²) in [6.07, 6.45) is 4.98. The molecule has 0 bridgehead atoms. The lowest BCUT2D eigenvalue weighted by atomic mass is 10.1. The number of hydrogen-bond acceptors (Lipinski definition) is 4. The van der Waals surface area contributed by atoms with Gasteiger partial charge in [0.05, 0.1) is 5.56 Å². The molecule has 2 amide bonds. The number of allylic oxidation sites excluding steroid dienone is 1. The third-order valence-electron chi connectivity index (χ3n) is 4.18. The molecule has 1 aromatic heterocycles. The molecule has 1 aliphatic heterocycles. The van der Waals surface area contributed by atoms with Crippen LogP contribution in [0.2, 0.25) is 0 Å². The summed E-state index contributed by atoms with van der Waals surface area (Å²) in [5.74, 6) is 0.528. The van der Waals surface area contributed by atoms with Gasteiger partial charge in [0.25, 0.3) is 5.91 Å². The van der Waals surface area contributed by atoms with Gasteiger partial charge in [0.2, 0.25) is 11.8 Å². The van der Waals surface area contributed by atoms with Crippen LogP contribution in [0.4, 0.5) is 0 Å². The Bertz CT molecular complexity index is 615. The fraction of sp³-hybridized carbons (Fsp3) is 0.500. The average molecular weight is 331 g/mol. The number of ether oxygens (including phenoxy) is 1. The quantitative estimate of drug-likeness (QED) is 0.793. The number of nitrogens with zero attached hydrogens (tertiary/aromatic N) is 3. The maximum Gasteiger partial charge on any atom is 0.254 e. The van der Waals surface area contributed by atoms with Crippen molar-refractivity contribution in [2.45, 2.75) is 32.8 Å². The second kappa shape index (κ2) is 7.95. The molecule has 24 heavy (non-hydrogen) atoms. The van der Waals surface area contributed by atoms with Crippen LogP contribution in [0, 0.1) is 0 Å². The minimum absolute atomic E-state index is 0.0443. The fourth-order valence-corrected chi connectivity index (χ4v) is 2.56. The molecule has 6 heteroatoms. The summed E-state index contributed by atoms with van der Waals surface area (Å²) >= 11 is 0. The lowest BCUT2D eigenvalue weighted by Gasteiger charge is -2.32. The summed E-state index contributed by atoms with van der Waals surface area (Å²) in [7, 11) is 3.41. The van der Waals surface area contributed by atoms with Gasteiger partial charge in [-0.2, -0.15) is 0 Å². The third-order valence-corrected chi connectivity index (χ3v) is 4.18. The van der Waals surface area contributed by atoms with Crippen molar-refractivity contribution in [1.82, 2.24) is 14.8 Å². The molecule has 0 radical (unpaired) electrons. The Labute approximate surface area is 143 Å². The van der Waals surface area contributed by atoms with Gasteiger partial charge in [-0.3, -0.25) is 9.59 Å². The Morgan fingerprint density at radius 3 is 2.46 bits per heavy atom. The molecular weight excluding hydrogens is 306 g/mol. The van der Waals surface area contributed by atoms with E-state index in [1.165, 1.54) is 11.1 Å². The van der Waals surface area contributed by atoms with Crippen molar-refractivity contribution in [3.05, 3.63) is 35.5 Å². The molecule has 1 aromatic rings. The summed E-state index contributed by atoms with van der Waals surface area (Å²) in [6.45, 7) is 5.09. The molecule has 0 unspecified atom stereocenters. The second-order valence-corrected chi connectivity index (χ2v) is 6.17. The van der Waals surface area contributed by atoms with Gasteiger partial charge in [0.15, 0.2) is 0 Å². The van der Waals surface area contributed by atoms with E-state index in [0.717, 1.165) is 18.4 Å². The lowest BCUT2D eigenvalue weighted by Crippen LogP contribution is -2.42. The first-order valence-electron chi connectivity index (χ1n) is 8.19. The first-order chi connectivity index (χ1) is 11.4. The number of rotatable bonds is 4. The van der Waals surface area contributed by atoms with Crippen molar-refractivity contribution in [3.63, 3.8) is 0 Å². The number of likely N-dealkylation sites (tertiary alicyclic amines) is 1. The van der Waals surface area contributed by atoms with Crippen LogP contribution in [0.5, 0.6) is 5.88 Å². The molecule has 0 aromatic carbocycles. The van der Waals surface area contributed by atoms with Crippen molar-refractivity contribution in [2.75, 3.05) is 27.2 Å². The van der Waals surface area contributed by atoms with E-state index in [-0.39, 0.29) is 17.9 Å². The predicted octanol–water partition coefficient (Wildman–Crippen LogP) is 2.12. The molecule has 0 aliphatic carbocycles. The zero-order chi connectivity index (χ0) is 17.7. The molecule has 2 rings (SSSR count). The summed E-state index contributed by atoms with van der Waals surface area (Å²) in [5.41, 5.74) is 1.31. The molecule has 2 heterocycles. The highest BCUT2D eigenvalue weighted by atomic mass is 16.5. The van der Waals surface area contributed by atoms with Crippen LogP contribution in [-0.2, 0) is 4.79 Å². The van der Waals surface area contributed by atoms with Gasteiger partial charge < -0.3 is 14.5 Å². The Morgan fingerprint density at radius 2 is 1.96 bits per heavy atom. The average Bonchev–Trinajstić information content (AvgIpc) is 2.61. The van der Waals surface area contributed by atoms with Crippen molar-refractivity contribution >= 4 is 11.8 Å². The van der Waals surface area contributed by atoms with Crippen LogP contribution < -0.4 is 4.74 Å². The molecule has 130 valence electrons. The van der Waals surface area contributed by atoms with Crippen LogP contribution in [0.3, 0.4) is 0 Å². The van der Waals surface area contributed by atoms with E-state index in [0.29, 0.717) is 24.5 Å². The Morgan fingerprint density at radius 1 is 1.29 bits per heavy atom. The molecule has 0 saturated carbocycles. The minimum Gasteiger partial charge on any atom is -0.474 e. The van der Waals surface area contributed by atoms with Crippen LogP contribution in [0.25, 0.3) is 0 Å². The maximum atomic E-state index is 12.1. The largest absolute Gasteiger partial charge is 0.474 e. The van der Waals surface area contributed by atoms with E-state index in [1.807, 2.05) is 24.8 Å². The smallest absolute Gasteiger partial charge is 0.254 e. The van der Waals surface area contributed by atoms with Crippen molar-refractivity contribution in [2.24, 2.45) is 0 Å². The third kappa shape index (κ3) is 4.34. The predicted molar refractivity (Wildman–Crippen MR) is 91.9 cm³/mol. The van der Waals surface area contributed by atoms with Gasteiger partial charge in [-0.05, 0) is 19.9 Å². The number of amides is 2. The van der Waals surface area contributed by atoms with E-state index < -0.39 is 0 Å². The number of carbonyl (C=O) groups is 2. The number of pyridine rings is 1. The van der Waals surface area contributed by atoms with Gasteiger partial charge in [0.1, 0.15) is 6.10 Å². The molecule has 6 nitrogen and oxygen atoms in total. The molecule has 0 atom stereocenters. The van der Waals surface area contributed by atoms with Gasteiger partial charge in [-0.25, -0.2) is 4.98 Å². The van der Waals surface area contributed by atoms with E-state index in [2.05, 4.69) is 4.98 Å². The SMILES string of the molecule is C/C=C(\C)C(=O)N1CCC(Oc2ccc(C(=O)N(C)C)cn2)CC1. The maximum absolute atomic E-state index is 12.1. The lowest BCUT2D eigenvalue weighted by molar-refractivity contribution is -0.128. The number of carbonyl (C=O) groups excluding carboxylic acids is 2. The van der Waals surface area contributed by atoms with E-state index in [1.54, 1.807) is 26.2 Å². The molecule has 0 spiro atoms. The van der Waals surface area contributed by atoms with Crippen LogP contribution in [0.1, 0.15) is 37.0 Å². The summed E-state index contributed by atoms with van der Waals surface area (Å²) < 4.78 is 5.88. The molecular formula is C18H25N3O3. The van der Waals surface area contributed by atoms with Gasteiger partial charge >= 0.3 is 0 Å². The van der Waals surface area contributed by atoms with E-state index in [4.69, 9.17) is 4.74 Å². The van der Waals surface area contributed by atoms with E-state index >= 15 is 0 Å². The van der Waals surface area contributed by atoms with Crippen molar-refractivity contribution in [1.29, 1.82) is 0 Å². The van der Waals surface area contributed by atoms with Crippen molar-refractivity contribution < 1.29 is 14.3 Å². The topological polar surface area (TPSA) is 62.7 Å². The monoisotopic (exact) mass is 331 g/mol. The normalized spacial score (nSPS) is 16.0. The summed E-state index contributed by atoms with van der Waals surface area (Å²) in [5, 5.41) is 0. The molecule has 1 aliphatic rings. The highest BCUT2D eigenvalue weighted by Gasteiger charge is 2.24. The summed E-state index contributed by atoms with van der Waals surface area (Å²) in [6, 6.07) is 3.44. The fourth-order valence-electron chi connectivity index (χ4n) is 2.56. The first-order valence-corrected chi connectivity index (χ1v) is 8.19. The minimum atomic E-state index is -0.0831. The molecule has 0 N–H and O–H groups in total. The Kier molecular flexibility index (Phi) is 5.95. The van der Waals surface area contributed by atoms with Gasteiger partial charge in [-0.1, -0.05) is 6.08 Å². The highest BCUT2D eigenvalue weighted by Crippen LogP contribution is 2.19. The zero-order valence-corrected chi connectivity index (χ0v) is 14.8. The van der Waals surface area contributed by atoms with Crippen LogP contribution >= 0.6 is 0 Å². The molecule has 1 saturated heterocycles. The van der Waals surface area contributed by atoms with E-state index in [9.17, 15) is 9.59 Å². The number of hydrogen-bond donors (Lipinski definition) is 0. The first kappa shape index (κ1) is 18.0. The summed E-state index contributed by atoms with van der Waals surface area (Å²) in [4.78, 5) is 31.5. The Hall–Kier alpha value is -2.37. The van der Waals surface area contributed by atoms with Gasteiger partial charge in [-0.15, -0.1) is 0 Å². The van der Waals surface area contributed by atoms with Crippen LogP contribution in [0.15, 0.2) is 30.0 Å². The Balaban J connectivity index is 1.88. The number of aromatic nitrogens is 1. The zero-order valence-electron chi connectivity index (χ0n) is 14.8. The highest BCUT2D eigenvalue weighted by molar-refractivity contribution is 5.93. The second-order valence-electron chi connectivity index (χ2n) is 6.17. The standard InChI is InChI=1S/C18H25N3O3/c1-5-13(2)17(22)21-10-8-15(9-11-21)24-16-7-6-14(12-19-16)18(23)20(3)4/h5-7,12,15H,8-11H2,1-4H3/b13-5+. The number of piperidine rings is 1.